The highest BCUT2D eigenvalue weighted by molar-refractivity contribution is 8.44. The molecule has 2 bridgehead atoms. The third kappa shape index (κ3) is 5.97. The van der Waals surface area contributed by atoms with Crippen molar-refractivity contribution in [2.45, 2.75) is 49.3 Å². The van der Waals surface area contributed by atoms with Crippen LogP contribution in [0, 0.1) is 5.92 Å². The molecule has 2 aliphatic heterocycles. The van der Waals surface area contributed by atoms with Crippen LogP contribution in [-0.4, -0.2) is 84.4 Å². The van der Waals surface area contributed by atoms with Crippen molar-refractivity contribution >= 4 is 61.0 Å². The van der Waals surface area contributed by atoms with Gasteiger partial charge in [-0.15, -0.1) is 0 Å². The minimum absolute atomic E-state index is 0.0205. The Balaban J connectivity index is 1.29. The standard InChI is InChI=1S/C20H25FN8O9P2S2/c21-12-9(26-11-1-2-23-6-24-11)3-8-4-34-39(32,41)38-16-14(30)10(5-35-40(33,42)37-15(8)12)36-19(16)29-7-25-13-17(29)27-20(22)28-18(13)31/h1-2,6-10,12,14-16,19,30H,3-5H2,(H,32,41)(H,33,42)(H,23,24,26)(H3,22,27,28,31)/t8-,9-,10-,12-,14-,15-,16-,19-,39?,40?/m1/s1. The summed E-state index contributed by atoms with van der Waals surface area (Å²) in [5.74, 6) is -0.674. The molecule has 0 aromatic carbocycles. The zero-order valence-corrected chi connectivity index (χ0v) is 24.8. The zero-order chi connectivity index (χ0) is 29.8. The number of alkyl halides is 1. The molecule has 2 saturated heterocycles. The molecule has 5 N–H and O–H groups in total. The third-order valence-electron chi connectivity index (χ3n) is 7.04. The van der Waals surface area contributed by atoms with Gasteiger partial charge in [0.05, 0.1) is 25.6 Å². The van der Waals surface area contributed by atoms with Crippen molar-refractivity contribution < 1.29 is 41.5 Å². The van der Waals surface area contributed by atoms with Crippen molar-refractivity contribution in [1.82, 2.24) is 29.5 Å². The number of ether oxygens (including phenoxy) is 1. The Kier molecular flexibility index (Phi) is 8.14. The molecule has 3 aromatic heterocycles. The minimum Gasteiger partial charge on any atom is -0.387 e. The van der Waals surface area contributed by atoms with E-state index in [1.54, 1.807) is 6.07 Å². The highest BCUT2D eigenvalue weighted by Crippen LogP contribution is 2.60. The predicted octanol–water partition coefficient (Wildman–Crippen LogP) is 1.48. The van der Waals surface area contributed by atoms with Crippen LogP contribution in [0.5, 0.6) is 0 Å². The Morgan fingerprint density at radius 1 is 1.17 bits per heavy atom. The van der Waals surface area contributed by atoms with Gasteiger partial charge >= 0.3 is 13.6 Å². The fourth-order valence-electron chi connectivity index (χ4n) is 5.14. The topological polar surface area (TPSA) is 228 Å². The van der Waals surface area contributed by atoms with E-state index in [1.807, 2.05) is 0 Å². The summed E-state index contributed by atoms with van der Waals surface area (Å²) in [4.78, 5) is 30.5. The Morgan fingerprint density at radius 3 is 2.64 bits per heavy atom. The molecule has 22 heteroatoms. The Morgan fingerprint density at radius 2 is 1.90 bits per heavy atom. The van der Waals surface area contributed by atoms with Gasteiger partial charge < -0.3 is 25.4 Å². The summed E-state index contributed by atoms with van der Waals surface area (Å²) in [6.07, 6.45) is -4.61. The molecule has 17 nitrogen and oxygen atoms in total. The van der Waals surface area contributed by atoms with Crippen LogP contribution in [0.15, 0.2) is 29.7 Å². The van der Waals surface area contributed by atoms with E-state index in [4.69, 9.17) is 28.6 Å². The molecule has 1 saturated carbocycles. The van der Waals surface area contributed by atoms with E-state index in [2.05, 4.69) is 54.7 Å². The van der Waals surface area contributed by atoms with Crippen molar-refractivity contribution in [2.75, 3.05) is 24.3 Å². The number of aromatic nitrogens is 6. The lowest BCUT2D eigenvalue weighted by molar-refractivity contribution is -0.0498. The lowest BCUT2D eigenvalue weighted by atomic mass is 10.1. The van der Waals surface area contributed by atoms with Crippen molar-refractivity contribution in [3.63, 3.8) is 0 Å². The first kappa shape index (κ1) is 29.9. The van der Waals surface area contributed by atoms with Gasteiger partial charge in [-0.1, -0.05) is 24.5 Å². The van der Waals surface area contributed by atoms with Gasteiger partial charge in [0.25, 0.3) is 5.56 Å². The van der Waals surface area contributed by atoms with Crippen LogP contribution in [-0.2, 0) is 32.0 Å². The number of nitrogen functional groups attached to an aromatic ring is 1. The number of fused-ring (bicyclic) bond motifs is 4. The zero-order valence-electron chi connectivity index (χ0n) is 21.2. The second-order valence-corrected chi connectivity index (χ2v) is 15.5. The molecule has 2 unspecified atom stereocenters. The number of anilines is 2. The third-order valence-corrected chi connectivity index (χ3v) is 10.3. The molecule has 1 aliphatic carbocycles. The van der Waals surface area contributed by atoms with Gasteiger partial charge in [-0.25, -0.2) is 28.5 Å². The van der Waals surface area contributed by atoms with E-state index in [0.717, 1.165) is 0 Å². The van der Waals surface area contributed by atoms with Crippen LogP contribution in [0.4, 0.5) is 16.2 Å². The van der Waals surface area contributed by atoms with Gasteiger partial charge in [0, 0.05) is 12.1 Å². The number of imidazole rings is 1. The molecule has 3 fully saturated rings. The second kappa shape index (κ2) is 11.4. The van der Waals surface area contributed by atoms with Crippen molar-refractivity contribution in [3.8, 4) is 0 Å². The number of nitrogens with zero attached hydrogens (tertiary/aromatic N) is 5. The van der Waals surface area contributed by atoms with Crippen LogP contribution < -0.4 is 16.6 Å². The van der Waals surface area contributed by atoms with Crippen molar-refractivity contribution in [2.24, 2.45) is 5.92 Å². The first-order valence-corrected chi connectivity index (χ1v) is 17.8. The van der Waals surface area contributed by atoms with Crippen LogP contribution in [0.25, 0.3) is 11.2 Å². The smallest absolute Gasteiger partial charge is 0.386 e. The maximum absolute atomic E-state index is 15.6. The first-order valence-electron chi connectivity index (χ1n) is 12.4. The van der Waals surface area contributed by atoms with Gasteiger partial charge in [-0.2, -0.15) is 4.98 Å². The van der Waals surface area contributed by atoms with E-state index >= 15 is 4.39 Å². The number of hydrogen-bond donors (Lipinski definition) is 6. The molecule has 5 heterocycles. The van der Waals surface area contributed by atoms with E-state index in [1.165, 1.54) is 23.4 Å². The normalized spacial score (nSPS) is 39.2. The lowest BCUT2D eigenvalue weighted by Gasteiger charge is -2.27. The van der Waals surface area contributed by atoms with Crippen LogP contribution in [0.1, 0.15) is 12.6 Å². The average Bonchev–Trinajstić information content (AvgIpc) is 3.57. The number of thiol groups is 2. The number of halogens is 1. The molecule has 10 atom stereocenters. The second-order valence-electron chi connectivity index (χ2n) is 9.79. The molecular weight excluding hydrogens is 641 g/mol. The van der Waals surface area contributed by atoms with Crippen LogP contribution >= 0.6 is 38.1 Å². The molecule has 3 aromatic rings. The van der Waals surface area contributed by atoms with Gasteiger partial charge in [-0.3, -0.25) is 27.9 Å². The van der Waals surface area contributed by atoms with Crippen molar-refractivity contribution in [1.29, 1.82) is 0 Å². The summed E-state index contributed by atoms with van der Waals surface area (Å²) in [6, 6.07) is 0.685. The minimum atomic E-state index is -4.28. The van der Waals surface area contributed by atoms with Crippen molar-refractivity contribution in [3.05, 3.63) is 35.3 Å². The van der Waals surface area contributed by atoms with E-state index in [-0.39, 0.29) is 23.5 Å². The maximum Gasteiger partial charge on any atom is 0.386 e. The first-order chi connectivity index (χ1) is 19.9. The lowest BCUT2D eigenvalue weighted by Crippen LogP contribution is -2.35. The number of aliphatic hydroxyl groups excluding tert-OH is 1. The van der Waals surface area contributed by atoms with E-state index in [9.17, 15) is 19.0 Å². The highest BCUT2D eigenvalue weighted by atomic mass is 32.7. The summed E-state index contributed by atoms with van der Waals surface area (Å²) >= 11 is 8.09. The molecule has 6 rings (SSSR count). The number of H-pyrrole nitrogens is 1. The highest BCUT2D eigenvalue weighted by Gasteiger charge is 2.52. The van der Waals surface area contributed by atoms with E-state index in [0.29, 0.717) is 5.82 Å². The summed E-state index contributed by atoms with van der Waals surface area (Å²) in [5, 5.41) is 14.0. The monoisotopic (exact) mass is 666 g/mol. The molecular formula is C20H25FN8O9P2S2. The molecule has 0 radical (unpaired) electrons. The largest absolute Gasteiger partial charge is 0.387 e. The molecule has 42 heavy (non-hydrogen) atoms. The summed E-state index contributed by atoms with van der Waals surface area (Å²) in [5.41, 5.74) is 4.95. The quantitative estimate of drug-likeness (QED) is 0.172. The number of rotatable bonds is 3. The molecule has 228 valence electrons. The number of nitrogens with one attached hydrogen (secondary N) is 2. The molecule has 0 amide bonds. The summed E-state index contributed by atoms with van der Waals surface area (Å²) < 4.78 is 71.6. The van der Waals surface area contributed by atoms with Crippen LogP contribution in [0.3, 0.4) is 0 Å². The van der Waals surface area contributed by atoms with Gasteiger partial charge in [0.15, 0.2) is 17.4 Å². The number of hydrogen-bond acceptors (Lipinski definition) is 15. The maximum atomic E-state index is 15.6. The molecule has 0 spiro atoms. The summed E-state index contributed by atoms with van der Waals surface area (Å²) in [7, 11) is 0. The van der Waals surface area contributed by atoms with Gasteiger partial charge in [-0.05, 0) is 12.5 Å². The Hall–Kier alpha value is -2.12. The SMILES string of the molecule is Nc1nc2c(ncn2[C@@H]2O[C@@H]3COP(=O)(S)O[C@@H]4[C@@H](COP(=O)(S)O[C@@H]2[C@@H]3O)C[C@@H](Nc2ccncn2)[C@H]4F)c(=O)[nH]1. The fraction of sp³-hybridized carbons (Fsp3) is 0.550. The predicted molar refractivity (Wildman–Crippen MR) is 150 cm³/mol. The Labute approximate surface area is 246 Å². The Bertz CT molecular complexity index is 1620. The van der Waals surface area contributed by atoms with Crippen LogP contribution in [0.2, 0.25) is 0 Å². The summed E-state index contributed by atoms with van der Waals surface area (Å²) in [6.45, 7) is -9.50. The fourth-order valence-corrected chi connectivity index (χ4v) is 8.16. The number of aliphatic hydroxyl groups is 1. The van der Waals surface area contributed by atoms with E-state index < -0.39 is 81.1 Å². The number of nitrogens with two attached hydrogens (primary N) is 1. The van der Waals surface area contributed by atoms with Gasteiger partial charge in [0.1, 0.15) is 42.7 Å². The number of aromatic amines is 1. The van der Waals surface area contributed by atoms with Gasteiger partial charge in [0.2, 0.25) is 5.95 Å². The molecule has 3 aliphatic rings. The average molecular weight is 667 g/mol.